The summed E-state index contributed by atoms with van der Waals surface area (Å²) in [7, 11) is 0. The van der Waals surface area contributed by atoms with Gasteiger partial charge >= 0.3 is 0 Å². The lowest BCUT2D eigenvalue weighted by molar-refractivity contribution is 0.0679. The number of benzene rings is 1. The Hall–Kier alpha value is -2.67. The van der Waals surface area contributed by atoms with Gasteiger partial charge < -0.3 is 9.42 Å². The van der Waals surface area contributed by atoms with Gasteiger partial charge in [-0.2, -0.15) is 5.10 Å². The summed E-state index contributed by atoms with van der Waals surface area (Å²) in [5.41, 5.74) is 1.11. The van der Waals surface area contributed by atoms with Crippen LogP contribution in [0.2, 0.25) is 5.02 Å². The number of carbonyl (C=O) groups is 1. The molecule has 0 saturated carbocycles. The largest absolute Gasteiger partial charge is 0.355 e. The second-order valence-electron chi connectivity index (χ2n) is 5.99. The number of nitrogens with zero attached hydrogens (tertiary/aromatic N) is 5. The van der Waals surface area contributed by atoms with Crippen LogP contribution in [0.3, 0.4) is 0 Å². The maximum absolute atomic E-state index is 12.6. The average molecular weight is 358 g/mol. The zero-order valence-corrected chi connectivity index (χ0v) is 14.1. The van der Waals surface area contributed by atoms with Crippen molar-refractivity contribution in [3.05, 3.63) is 53.7 Å². The molecule has 0 radical (unpaired) electrons. The van der Waals surface area contributed by atoms with E-state index in [0.29, 0.717) is 29.6 Å². The Balaban J connectivity index is 1.44. The Morgan fingerprint density at radius 3 is 2.80 bits per heavy atom. The number of halogens is 1. The SMILES string of the molecule is O=C(c1cc(-c2cccc(Cl)c2)on1)N1CCC(n2cncn2)CC1. The highest BCUT2D eigenvalue weighted by Crippen LogP contribution is 2.26. The summed E-state index contributed by atoms with van der Waals surface area (Å²) >= 11 is 5.99. The third-order valence-electron chi connectivity index (χ3n) is 4.40. The summed E-state index contributed by atoms with van der Waals surface area (Å²) in [4.78, 5) is 18.4. The molecule has 3 aromatic rings. The van der Waals surface area contributed by atoms with Crippen LogP contribution in [0.15, 0.2) is 47.5 Å². The molecule has 1 fully saturated rings. The van der Waals surface area contributed by atoms with E-state index in [1.54, 1.807) is 29.4 Å². The molecule has 7 nitrogen and oxygen atoms in total. The van der Waals surface area contributed by atoms with Crippen molar-refractivity contribution in [1.29, 1.82) is 0 Å². The van der Waals surface area contributed by atoms with Gasteiger partial charge in [-0.05, 0) is 25.0 Å². The van der Waals surface area contributed by atoms with Gasteiger partial charge in [-0.1, -0.05) is 28.9 Å². The van der Waals surface area contributed by atoms with Crippen molar-refractivity contribution in [3.63, 3.8) is 0 Å². The summed E-state index contributed by atoms with van der Waals surface area (Å²) in [6.07, 6.45) is 4.93. The molecule has 2 aromatic heterocycles. The van der Waals surface area contributed by atoms with Crippen LogP contribution in [0, 0.1) is 0 Å². The molecule has 1 amide bonds. The molecule has 0 spiro atoms. The number of carbonyl (C=O) groups excluding carboxylic acids is 1. The topological polar surface area (TPSA) is 77.0 Å². The molecule has 128 valence electrons. The van der Waals surface area contributed by atoms with E-state index in [9.17, 15) is 4.79 Å². The Labute approximate surface area is 149 Å². The number of likely N-dealkylation sites (tertiary alicyclic amines) is 1. The van der Waals surface area contributed by atoms with Crippen LogP contribution in [0.5, 0.6) is 0 Å². The first-order valence-corrected chi connectivity index (χ1v) is 8.44. The zero-order chi connectivity index (χ0) is 17.2. The molecular weight excluding hydrogens is 342 g/mol. The fourth-order valence-corrected chi connectivity index (χ4v) is 3.25. The van der Waals surface area contributed by atoms with Gasteiger partial charge in [0.15, 0.2) is 11.5 Å². The number of hydrogen-bond acceptors (Lipinski definition) is 5. The summed E-state index contributed by atoms with van der Waals surface area (Å²) in [5, 5.41) is 8.71. The summed E-state index contributed by atoms with van der Waals surface area (Å²) in [6.45, 7) is 1.31. The monoisotopic (exact) mass is 357 g/mol. The lowest BCUT2D eigenvalue weighted by Gasteiger charge is -2.31. The lowest BCUT2D eigenvalue weighted by atomic mass is 10.0. The van der Waals surface area contributed by atoms with E-state index in [0.717, 1.165) is 18.4 Å². The number of amides is 1. The molecule has 1 aliphatic heterocycles. The van der Waals surface area contributed by atoms with Gasteiger partial charge in [0.2, 0.25) is 0 Å². The van der Waals surface area contributed by atoms with E-state index in [1.165, 1.54) is 6.33 Å². The molecule has 1 saturated heterocycles. The highest BCUT2D eigenvalue weighted by Gasteiger charge is 2.26. The van der Waals surface area contributed by atoms with Gasteiger partial charge in [-0.3, -0.25) is 4.79 Å². The Kier molecular flexibility index (Phi) is 4.23. The fourth-order valence-electron chi connectivity index (χ4n) is 3.06. The van der Waals surface area contributed by atoms with E-state index in [-0.39, 0.29) is 11.9 Å². The fraction of sp³-hybridized carbons (Fsp3) is 0.294. The van der Waals surface area contributed by atoms with Crippen molar-refractivity contribution in [1.82, 2.24) is 24.8 Å². The molecule has 4 rings (SSSR count). The Morgan fingerprint density at radius 2 is 2.08 bits per heavy atom. The quantitative estimate of drug-likeness (QED) is 0.720. The van der Waals surface area contributed by atoms with Crippen molar-refractivity contribution in [3.8, 4) is 11.3 Å². The molecule has 3 heterocycles. The van der Waals surface area contributed by atoms with Gasteiger partial charge in [0.05, 0.1) is 6.04 Å². The summed E-state index contributed by atoms with van der Waals surface area (Å²) in [6, 6.07) is 9.20. The molecule has 0 N–H and O–H groups in total. The van der Waals surface area contributed by atoms with Crippen LogP contribution >= 0.6 is 11.6 Å². The number of rotatable bonds is 3. The minimum atomic E-state index is -0.117. The van der Waals surface area contributed by atoms with E-state index in [2.05, 4.69) is 15.2 Å². The van der Waals surface area contributed by atoms with E-state index >= 15 is 0 Å². The van der Waals surface area contributed by atoms with Crippen molar-refractivity contribution in [2.45, 2.75) is 18.9 Å². The standard InChI is InChI=1S/C17H16ClN5O2/c18-13-3-1-2-12(8-13)16-9-15(21-25-16)17(24)22-6-4-14(5-7-22)23-11-19-10-20-23/h1-3,8-11,14H,4-7H2. The van der Waals surface area contributed by atoms with Gasteiger partial charge in [-0.25, -0.2) is 9.67 Å². The number of hydrogen-bond donors (Lipinski definition) is 0. The molecule has 0 bridgehead atoms. The smallest absolute Gasteiger partial charge is 0.276 e. The minimum absolute atomic E-state index is 0.117. The summed E-state index contributed by atoms with van der Waals surface area (Å²) < 4.78 is 7.18. The van der Waals surface area contributed by atoms with Crippen molar-refractivity contribution in [2.24, 2.45) is 0 Å². The maximum Gasteiger partial charge on any atom is 0.276 e. The van der Waals surface area contributed by atoms with Crippen molar-refractivity contribution >= 4 is 17.5 Å². The molecular formula is C17H16ClN5O2. The van der Waals surface area contributed by atoms with Gasteiger partial charge in [-0.15, -0.1) is 0 Å². The number of piperidine rings is 1. The normalized spacial score (nSPS) is 15.5. The Morgan fingerprint density at radius 1 is 1.24 bits per heavy atom. The van der Waals surface area contributed by atoms with Gasteiger partial charge in [0.1, 0.15) is 12.7 Å². The molecule has 8 heteroatoms. The van der Waals surface area contributed by atoms with Crippen LogP contribution in [0.1, 0.15) is 29.4 Å². The van der Waals surface area contributed by atoms with Crippen LogP contribution in [-0.2, 0) is 0 Å². The molecule has 1 aliphatic rings. The first kappa shape index (κ1) is 15.8. The lowest BCUT2D eigenvalue weighted by Crippen LogP contribution is -2.39. The minimum Gasteiger partial charge on any atom is -0.355 e. The summed E-state index contributed by atoms with van der Waals surface area (Å²) in [5.74, 6) is 0.414. The van der Waals surface area contributed by atoms with Crippen LogP contribution < -0.4 is 0 Å². The third kappa shape index (κ3) is 3.28. The first-order chi connectivity index (χ1) is 12.2. The molecule has 1 aromatic carbocycles. The van der Waals surface area contributed by atoms with Gasteiger partial charge in [0, 0.05) is 29.7 Å². The maximum atomic E-state index is 12.6. The van der Waals surface area contributed by atoms with E-state index < -0.39 is 0 Å². The highest BCUT2D eigenvalue weighted by molar-refractivity contribution is 6.30. The first-order valence-electron chi connectivity index (χ1n) is 8.07. The van der Waals surface area contributed by atoms with E-state index in [4.69, 9.17) is 16.1 Å². The Bertz CT molecular complexity index is 869. The predicted octanol–water partition coefficient (Wildman–Crippen LogP) is 3.06. The average Bonchev–Trinajstić information content (AvgIpc) is 3.33. The third-order valence-corrected chi connectivity index (χ3v) is 4.64. The van der Waals surface area contributed by atoms with Crippen LogP contribution in [0.25, 0.3) is 11.3 Å². The van der Waals surface area contributed by atoms with Crippen molar-refractivity contribution in [2.75, 3.05) is 13.1 Å². The molecule has 0 unspecified atom stereocenters. The van der Waals surface area contributed by atoms with Gasteiger partial charge in [0.25, 0.3) is 5.91 Å². The predicted molar refractivity (Wildman–Crippen MR) is 91.1 cm³/mol. The second kappa shape index (κ2) is 6.68. The molecule has 0 atom stereocenters. The number of aromatic nitrogens is 4. The van der Waals surface area contributed by atoms with Crippen LogP contribution in [-0.4, -0.2) is 43.8 Å². The molecule has 0 aliphatic carbocycles. The van der Waals surface area contributed by atoms with E-state index in [1.807, 2.05) is 16.8 Å². The second-order valence-corrected chi connectivity index (χ2v) is 6.42. The van der Waals surface area contributed by atoms with Crippen LogP contribution in [0.4, 0.5) is 0 Å². The van der Waals surface area contributed by atoms with Crippen molar-refractivity contribution < 1.29 is 9.32 Å². The highest BCUT2D eigenvalue weighted by atomic mass is 35.5. The zero-order valence-electron chi connectivity index (χ0n) is 13.4. The molecule has 25 heavy (non-hydrogen) atoms.